The van der Waals surface area contributed by atoms with Gasteiger partial charge in [0.15, 0.2) is 5.96 Å². The van der Waals surface area contributed by atoms with E-state index in [9.17, 15) is 34.2 Å². The quantitative estimate of drug-likeness (QED) is 0.0941. The molecule has 0 radical (unpaired) electrons. The Hall–Kier alpha value is -3.17. The summed E-state index contributed by atoms with van der Waals surface area (Å²) >= 11 is 0. The van der Waals surface area contributed by atoms with E-state index in [0.717, 1.165) is 0 Å². The van der Waals surface area contributed by atoms with Crippen molar-refractivity contribution >= 4 is 48.0 Å². The number of aliphatic carboxylic acids is 1. The predicted molar refractivity (Wildman–Crippen MR) is 118 cm³/mol. The number of guanidine groups is 1. The molecule has 0 aromatic carbocycles. The van der Waals surface area contributed by atoms with Crippen LogP contribution in [0.1, 0.15) is 25.7 Å². The van der Waals surface area contributed by atoms with Gasteiger partial charge < -0.3 is 48.1 Å². The van der Waals surface area contributed by atoms with Gasteiger partial charge >= 0.3 is 5.97 Å². The van der Waals surface area contributed by atoms with Gasteiger partial charge in [0.05, 0.1) is 31.0 Å². The number of carbonyl (C=O) groups is 5. The standard InChI is InChI=1S/C18H29N7O8.ClH/c19-18(20)21-3-1-2-8-16(32)22-6-11(26)23-10(5-12(27)28)17(33)25-9-4-7(15(31)24-8)13(29)14(9)30;/h7-10,13-14,29-30H,1-6H2,(H,22,32)(H,23,26)(H,24,31)(H,25,33)(H,27,28)(H4,19,20,21);1H/t7-,8-,9+,10-,13+,14-;/m0./s1. The van der Waals surface area contributed by atoms with Crippen molar-refractivity contribution in [2.24, 2.45) is 22.4 Å². The van der Waals surface area contributed by atoms with Crippen LogP contribution < -0.4 is 32.7 Å². The minimum absolute atomic E-state index is 0. The largest absolute Gasteiger partial charge is 0.481 e. The Labute approximate surface area is 200 Å². The summed E-state index contributed by atoms with van der Waals surface area (Å²) in [5, 5.41) is 39.1. The zero-order valence-corrected chi connectivity index (χ0v) is 18.9. The van der Waals surface area contributed by atoms with E-state index >= 15 is 0 Å². The molecule has 0 aromatic rings. The molecule has 192 valence electrons. The molecule has 1 saturated carbocycles. The molecule has 0 aromatic heterocycles. The molecule has 0 unspecified atom stereocenters. The minimum atomic E-state index is -1.54. The van der Waals surface area contributed by atoms with E-state index in [1.54, 1.807) is 0 Å². The monoisotopic (exact) mass is 507 g/mol. The van der Waals surface area contributed by atoms with Gasteiger partial charge in [0.25, 0.3) is 0 Å². The summed E-state index contributed by atoms with van der Waals surface area (Å²) in [5.41, 5.74) is 10.5. The van der Waals surface area contributed by atoms with Crippen LogP contribution in [0, 0.1) is 5.92 Å². The molecule has 34 heavy (non-hydrogen) atoms. The number of carboxylic acids is 1. The lowest BCUT2D eigenvalue weighted by Gasteiger charge is -2.23. The summed E-state index contributed by atoms with van der Waals surface area (Å²) in [6.45, 7) is -0.404. The smallest absolute Gasteiger partial charge is 0.305 e. The number of hydrogen-bond acceptors (Lipinski definition) is 8. The maximum absolute atomic E-state index is 12.8. The fourth-order valence-electron chi connectivity index (χ4n) is 3.69. The number of nitrogens with two attached hydrogens (primary N) is 2. The first-order valence-electron chi connectivity index (χ1n) is 10.3. The number of aliphatic hydroxyl groups is 2. The Morgan fingerprint density at radius 2 is 1.65 bits per heavy atom. The van der Waals surface area contributed by atoms with Gasteiger partial charge in [0, 0.05) is 6.54 Å². The summed E-state index contributed by atoms with van der Waals surface area (Å²) in [6.07, 6.45) is -3.59. The molecule has 15 nitrogen and oxygen atoms in total. The highest BCUT2D eigenvalue weighted by molar-refractivity contribution is 5.94. The van der Waals surface area contributed by atoms with E-state index in [2.05, 4.69) is 26.3 Å². The van der Waals surface area contributed by atoms with Crippen molar-refractivity contribution in [1.29, 1.82) is 0 Å². The lowest BCUT2D eigenvalue weighted by molar-refractivity contribution is -0.141. The Morgan fingerprint density at radius 3 is 2.26 bits per heavy atom. The molecular weight excluding hydrogens is 478 g/mol. The van der Waals surface area contributed by atoms with Gasteiger partial charge in [-0.2, -0.15) is 0 Å². The zero-order valence-electron chi connectivity index (χ0n) is 18.1. The molecule has 1 aliphatic heterocycles. The summed E-state index contributed by atoms with van der Waals surface area (Å²) in [7, 11) is 0. The highest BCUT2D eigenvalue weighted by Gasteiger charge is 2.46. The van der Waals surface area contributed by atoms with Gasteiger partial charge in [0.2, 0.25) is 23.6 Å². The average molecular weight is 508 g/mol. The molecule has 0 spiro atoms. The molecule has 2 aliphatic rings. The number of nitrogens with zero attached hydrogens (tertiary/aromatic N) is 1. The molecule has 1 heterocycles. The topological polar surface area (TPSA) is 259 Å². The van der Waals surface area contributed by atoms with E-state index in [0.29, 0.717) is 6.42 Å². The Balaban J connectivity index is 0.00000578. The third-order valence-electron chi connectivity index (χ3n) is 5.38. The van der Waals surface area contributed by atoms with Crippen molar-refractivity contribution in [3.8, 4) is 0 Å². The molecule has 1 aliphatic carbocycles. The second-order valence-corrected chi connectivity index (χ2v) is 7.88. The second kappa shape index (κ2) is 12.9. The normalized spacial score (nSPS) is 29.9. The van der Waals surface area contributed by atoms with Gasteiger partial charge in [-0.05, 0) is 19.3 Å². The number of halogens is 1. The number of hydrogen-bond donors (Lipinski definition) is 9. The number of carboxylic acid groups (broad SMARTS) is 1. The lowest BCUT2D eigenvalue weighted by Crippen LogP contribution is -2.55. The van der Waals surface area contributed by atoms with E-state index < -0.39 is 78.8 Å². The van der Waals surface area contributed by atoms with Crippen LogP contribution in [0.25, 0.3) is 0 Å². The third-order valence-corrected chi connectivity index (χ3v) is 5.38. The molecule has 1 saturated heterocycles. The van der Waals surface area contributed by atoms with E-state index in [1.807, 2.05) is 0 Å². The molecule has 4 amide bonds. The van der Waals surface area contributed by atoms with Crippen LogP contribution in [0.5, 0.6) is 0 Å². The predicted octanol–water partition coefficient (Wildman–Crippen LogP) is -4.74. The summed E-state index contributed by atoms with van der Waals surface area (Å²) in [4.78, 5) is 64.9. The molecule has 11 N–H and O–H groups in total. The number of fused-ring (bicyclic) bond motifs is 2. The first kappa shape index (κ1) is 28.9. The molecule has 2 bridgehead atoms. The van der Waals surface area contributed by atoms with E-state index in [4.69, 9.17) is 16.6 Å². The van der Waals surface area contributed by atoms with Crippen molar-refractivity contribution in [2.45, 2.75) is 56.0 Å². The first-order chi connectivity index (χ1) is 15.5. The maximum atomic E-state index is 12.8. The molecule has 6 atom stereocenters. The third kappa shape index (κ3) is 8.00. The van der Waals surface area contributed by atoms with Crippen molar-refractivity contribution in [3.63, 3.8) is 0 Å². The number of carbonyl (C=O) groups excluding carboxylic acids is 4. The van der Waals surface area contributed by atoms with Gasteiger partial charge in [-0.3, -0.25) is 29.0 Å². The Bertz CT molecular complexity index is 822. The first-order valence-corrected chi connectivity index (χ1v) is 10.3. The van der Waals surface area contributed by atoms with Crippen molar-refractivity contribution < 1.29 is 39.3 Å². The Kier molecular flexibility index (Phi) is 11.0. The van der Waals surface area contributed by atoms with Crippen LogP contribution in [-0.4, -0.2) is 94.3 Å². The Morgan fingerprint density at radius 1 is 0.971 bits per heavy atom. The number of rotatable bonds is 6. The SMILES string of the molecule is Cl.NC(N)=NCCC[C@@H]1NC(=O)[C@H]2C[C@@H](NC(=O)[C@H](CC(=O)O)NC(=O)CNC1=O)[C@H](O)[C@@H]2O. The summed E-state index contributed by atoms with van der Waals surface area (Å²) in [5.74, 6) is -5.85. The van der Waals surface area contributed by atoms with Gasteiger partial charge in [-0.1, -0.05) is 0 Å². The fraction of sp³-hybridized carbons (Fsp3) is 0.667. The van der Waals surface area contributed by atoms with Crippen LogP contribution in [0.15, 0.2) is 4.99 Å². The maximum Gasteiger partial charge on any atom is 0.305 e. The molecular formula is C18H30ClN7O8. The average Bonchev–Trinajstić information content (AvgIpc) is 3.01. The number of aliphatic imine (C=N–C) groups is 1. The van der Waals surface area contributed by atoms with Gasteiger partial charge in [-0.15, -0.1) is 12.4 Å². The van der Waals surface area contributed by atoms with Crippen molar-refractivity contribution in [1.82, 2.24) is 21.3 Å². The summed E-state index contributed by atoms with van der Waals surface area (Å²) in [6, 6.07) is -3.67. The van der Waals surface area contributed by atoms with Crippen LogP contribution in [0.3, 0.4) is 0 Å². The van der Waals surface area contributed by atoms with Crippen LogP contribution >= 0.6 is 12.4 Å². The number of amides is 4. The van der Waals surface area contributed by atoms with E-state index in [-0.39, 0.29) is 37.8 Å². The van der Waals surface area contributed by atoms with E-state index in [1.165, 1.54) is 0 Å². The lowest BCUT2D eigenvalue weighted by atomic mass is 10.0. The number of aliphatic hydroxyl groups excluding tert-OH is 2. The fourth-order valence-corrected chi connectivity index (χ4v) is 3.69. The number of nitrogens with one attached hydrogen (secondary N) is 4. The molecule has 16 heteroatoms. The van der Waals surface area contributed by atoms with Gasteiger partial charge in [0.1, 0.15) is 18.2 Å². The van der Waals surface area contributed by atoms with Gasteiger partial charge in [-0.25, -0.2) is 0 Å². The van der Waals surface area contributed by atoms with Crippen LogP contribution in [0.2, 0.25) is 0 Å². The summed E-state index contributed by atoms with van der Waals surface area (Å²) < 4.78 is 0. The van der Waals surface area contributed by atoms with Crippen molar-refractivity contribution in [2.75, 3.05) is 13.1 Å². The van der Waals surface area contributed by atoms with Crippen LogP contribution in [-0.2, 0) is 24.0 Å². The highest BCUT2D eigenvalue weighted by Crippen LogP contribution is 2.27. The van der Waals surface area contributed by atoms with Crippen molar-refractivity contribution in [3.05, 3.63) is 0 Å². The zero-order chi connectivity index (χ0) is 24.7. The highest BCUT2D eigenvalue weighted by atomic mass is 35.5. The minimum Gasteiger partial charge on any atom is -0.481 e. The molecule has 2 rings (SSSR count). The molecule has 2 fully saturated rings. The second-order valence-electron chi connectivity index (χ2n) is 7.88. The van der Waals surface area contributed by atoms with Crippen LogP contribution in [0.4, 0.5) is 0 Å².